The highest BCUT2D eigenvalue weighted by molar-refractivity contribution is 5.55. The van der Waals surface area contributed by atoms with Crippen LogP contribution in [0.1, 0.15) is 19.5 Å². The number of hydrogen-bond acceptors (Lipinski definition) is 6. The summed E-state index contributed by atoms with van der Waals surface area (Å²) in [5.74, 6) is 0.403. The highest BCUT2D eigenvalue weighted by Crippen LogP contribution is 2.27. The molecule has 0 spiro atoms. The summed E-state index contributed by atoms with van der Waals surface area (Å²) in [6, 6.07) is 4.51. The first kappa shape index (κ1) is 13.9. The van der Waals surface area contributed by atoms with Crippen LogP contribution in [0.4, 0.5) is 5.69 Å². The molecule has 0 radical (unpaired) electrons. The summed E-state index contributed by atoms with van der Waals surface area (Å²) >= 11 is 0. The first-order chi connectivity index (χ1) is 9.32. The molecule has 1 aromatic carbocycles. The van der Waals surface area contributed by atoms with E-state index < -0.39 is 10.5 Å². The van der Waals surface area contributed by atoms with Gasteiger partial charge in [-0.3, -0.25) is 10.1 Å². The highest BCUT2D eigenvalue weighted by Gasteiger charge is 2.22. The Morgan fingerprint density at radius 2 is 2.15 bits per heavy atom. The average Bonchev–Trinajstić information content (AvgIpc) is 2.87. The Balaban J connectivity index is 2.52. The van der Waals surface area contributed by atoms with Crippen LogP contribution < -0.4 is 10.5 Å². The van der Waals surface area contributed by atoms with Crippen LogP contribution in [0.5, 0.6) is 5.75 Å². The van der Waals surface area contributed by atoms with Crippen molar-refractivity contribution in [2.24, 2.45) is 5.73 Å². The Kier molecular flexibility index (Phi) is 3.41. The number of benzene rings is 1. The zero-order chi connectivity index (χ0) is 14.9. The van der Waals surface area contributed by atoms with Crippen molar-refractivity contribution >= 4 is 5.69 Å². The normalized spacial score (nSPS) is 11.4. The van der Waals surface area contributed by atoms with E-state index in [1.54, 1.807) is 32.2 Å². The minimum atomic E-state index is -0.667. The van der Waals surface area contributed by atoms with E-state index in [-0.39, 0.29) is 5.69 Å². The summed E-state index contributed by atoms with van der Waals surface area (Å²) in [6.45, 7) is 3.56. The van der Waals surface area contributed by atoms with E-state index in [0.29, 0.717) is 17.1 Å². The maximum absolute atomic E-state index is 11.1. The Bertz CT molecular complexity index is 645. The molecule has 0 atom stereocenters. The van der Waals surface area contributed by atoms with Gasteiger partial charge in [0.2, 0.25) is 0 Å². The highest BCUT2D eigenvalue weighted by atomic mass is 16.6. The molecule has 0 aliphatic heterocycles. The minimum absolute atomic E-state index is 0.115. The molecule has 0 unspecified atom stereocenters. The molecular weight excluding hydrogens is 262 g/mol. The van der Waals surface area contributed by atoms with Crippen LogP contribution in [0.3, 0.4) is 0 Å². The van der Waals surface area contributed by atoms with Crippen molar-refractivity contribution in [3.05, 3.63) is 40.2 Å². The summed E-state index contributed by atoms with van der Waals surface area (Å²) in [7, 11) is 1.45. The van der Waals surface area contributed by atoms with Crippen LogP contribution in [-0.2, 0) is 5.54 Å². The fourth-order valence-corrected chi connectivity index (χ4v) is 1.65. The molecule has 2 aromatic rings. The van der Waals surface area contributed by atoms with E-state index in [0.717, 1.165) is 0 Å². The monoisotopic (exact) mass is 277 g/mol. The number of nitrogens with zero attached hydrogens (tertiary/aromatic N) is 4. The van der Waals surface area contributed by atoms with Crippen LogP contribution in [0.25, 0.3) is 5.69 Å². The Morgan fingerprint density at radius 1 is 1.45 bits per heavy atom. The number of aromatic nitrogens is 3. The van der Waals surface area contributed by atoms with Crippen molar-refractivity contribution in [3.63, 3.8) is 0 Å². The molecule has 0 saturated heterocycles. The molecule has 8 nitrogen and oxygen atoms in total. The summed E-state index contributed by atoms with van der Waals surface area (Å²) < 4.78 is 6.32. The molecule has 2 rings (SSSR count). The number of methoxy groups -OCH3 is 1. The van der Waals surface area contributed by atoms with Gasteiger partial charge in [-0.2, -0.15) is 0 Å². The lowest BCUT2D eigenvalue weighted by Crippen LogP contribution is -2.29. The van der Waals surface area contributed by atoms with E-state index in [2.05, 4.69) is 10.3 Å². The fraction of sp³-hybridized carbons (Fsp3) is 0.333. The maximum atomic E-state index is 11.1. The summed E-state index contributed by atoms with van der Waals surface area (Å²) in [5, 5.41) is 19.0. The van der Waals surface area contributed by atoms with Crippen molar-refractivity contribution in [2.45, 2.75) is 19.4 Å². The lowest BCUT2D eigenvalue weighted by Gasteiger charge is -2.13. The van der Waals surface area contributed by atoms with Gasteiger partial charge in [0.1, 0.15) is 17.1 Å². The molecule has 8 heteroatoms. The number of nitrogens with two attached hydrogens (primary N) is 1. The summed E-state index contributed by atoms with van der Waals surface area (Å²) in [5.41, 5.74) is 5.99. The van der Waals surface area contributed by atoms with Gasteiger partial charge in [0.25, 0.3) is 5.69 Å². The second-order valence-electron chi connectivity index (χ2n) is 4.88. The molecule has 2 N–H and O–H groups in total. The molecule has 0 aliphatic rings. The molecule has 0 fully saturated rings. The third-order valence-corrected chi connectivity index (χ3v) is 2.78. The van der Waals surface area contributed by atoms with Gasteiger partial charge in [-0.05, 0) is 26.0 Å². The summed E-state index contributed by atoms with van der Waals surface area (Å²) in [6.07, 6.45) is 1.58. The van der Waals surface area contributed by atoms with Crippen LogP contribution in [-0.4, -0.2) is 27.0 Å². The van der Waals surface area contributed by atoms with Gasteiger partial charge in [-0.25, -0.2) is 4.68 Å². The van der Waals surface area contributed by atoms with Crippen LogP contribution >= 0.6 is 0 Å². The number of ether oxygens (including phenoxy) is 1. The maximum Gasteiger partial charge on any atom is 0.298 e. The molecule has 0 bridgehead atoms. The molecule has 1 heterocycles. The standard InChI is InChI=1S/C12H15N5O3/c1-12(2,13)11-7-16(15-14-11)9-5-4-8(20-3)6-10(9)17(18)19/h4-7H,13H2,1-3H3. The Labute approximate surface area is 115 Å². The Morgan fingerprint density at radius 3 is 2.65 bits per heavy atom. The molecular formula is C12H15N5O3. The van der Waals surface area contributed by atoms with E-state index in [9.17, 15) is 10.1 Å². The number of hydrogen-bond donors (Lipinski definition) is 1. The summed E-state index contributed by atoms with van der Waals surface area (Å²) in [4.78, 5) is 10.6. The topological polar surface area (TPSA) is 109 Å². The van der Waals surface area contributed by atoms with Crippen molar-refractivity contribution in [1.82, 2.24) is 15.0 Å². The molecule has 20 heavy (non-hydrogen) atoms. The third kappa shape index (κ3) is 2.59. The average molecular weight is 277 g/mol. The fourth-order valence-electron chi connectivity index (χ4n) is 1.65. The van der Waals surface area contributed by atoms with Gasteiger partial charge >= 0.3 is 0 Å². The first-order valence-corrected chi connectivity index (χ1v) is 5.87. The smallest absolute Gasteiger partial charge is 0.298 e. The van der Waals surface area contributed by atoms with Crippen LogP contribution in [0, 0.1) is 10.1 Å². The van der Waals surface area contributed by atoms with E-state index in [1.165, 1.54) is 17.9 Å². The van der Waals surface area contributed by atoms with Gasteiger partial charge in [0, 0.05) is 0 Å². The number of nitro benzene ring substituents is 1. The van der Waals surface area contributed by atoms with Gasteiger partial charge in [0.15, 0.2) is 0 Å². The molecule has 0 amide bonds. The lowest BCUT2D eigenvalue weighted by atomic mass is 10.0. The van der Waals surface area contributed by atoms with Gasteiger partial charge in [0.05, 0.1) is 29.8 Å². The van der Waals surface area contributed by atoms with Crippen molar-refractivity contribution in [1.29, 1.82) is 0 Å². The predicted molar refractivity (Wildman–Crippen MR) is 71.8 cm³/mol. The molecule has 0 saturated carbocycles. The quantitative estimate of drug-likeness (QED) is 0.667. The van der Waals surface area contributed by atoms with E-state index >= 15 is 0 Å². The number of rotatable bonds is 4. The second-order valence-corrected chi connectivity index (χ2v) is 4.88. The number of nitro groups is 1. The van der Waals surface area contributed by atoms with E-state index in [4.69, 9.17) is 10.5 Å². The zero-order valence-corrected chi connectivity index (χ0v) is 11.4. The zero-order valence-electron chi connectivity index (χ0n) is 11.4. The van der Waals surface area contributed by atoms with Crippen molar-refractivity contribution in [3.8, 4) is 11.4 Å². The van der Waals surface area contributed by atoms with Crippen molar-refractivity contribution in [2.75, 3.05) is 7.11 Å². The largest absolute Gasteiger partial charge is 0.496 e. The molecule has 106 valence electrons. The van der Waals surface area contributed by atoms with E-state index in [1.807, 2.05) is 0 Å². The second kappa shape index (κ2) is 4.89. The van der Waals surface area contributed by atoms with Crippen LogP contribution in [0.2, 0.25) is 0 Å². The predicted octanol–water partition coefficient (Wildman–Crippen LogP) is 1.38. The van der Waals surface area contributed by atoms with Crippen LogP contribution in [0.15, 0.2) is 24.4 Å². The minimum Gasteiger partial charge on any atom is -0.496 e. The lowest BCUT2D eigenvalue weighted by molar-refractivity contribution is -0.384. The molecule has 0 aliphatic carbocycles. The Hall–Kier alpha value is -2.48. The SMILES string of the molecule is COc1ccc(-n2cc(C(C)(C)N)nn2)c([N+](=O)[O-])c1. The third-order valence-electron chi connectivity index (χ3n) is 2.78. The van der Waals surface area contributed by atoms with Gasteiger partial charge < -0.3 is 10.5 Å². The van der Waals surface area contributed by atoms with Gasteiger partial charge in [-0.15, -0.1) is 5.10 Å². The van der Waals surface area contributed by atoms with Gasteiger partial charge in [-0.1, -0.05) is 5.21 Å². The first-order valence-electron chi connectivity index (χ1n) is 5.87. The molecule has 1 aromatic heterocycles. The van der Waals surface area contributed by atoms with Crippen molar-refractivity contribution < 1.29 is 9.66 Å².